The molecule has 11 heteroatoms. The molecule has 1 aromatic heterocycles. The van der Waals surface area contributed by atoms with E-state index in [1.807, 2.05) is 42.5 Å². The number of hydrogen-bond acceptors (Lipinski definition) is 6. The number of amides is 2. The molecule has 0 aliphatic carbocycles. The van der Waals surface area contributed by atoms with Gasteiger partial charge in [-0.15, -0.1) is 0 Å². The second-order valence-electron chi connectivity index (χ2n) is 8.73. The lowest BCUT2D eigenvalue weighted by molar-refractivity contribution is 0.0916. The van der Waals surface area contributed by atoms with Crippen LogP contribution >= 0.6 is 39.1 Å². The molecule has 2 aromatic carbocycles. The maximum atomic E-state index is 12.5. The Kier molecular flexibility index (Phi) is 7.73. The quantitative estimate of drug-likeness (QED) is 0.388. The predicted octanol–water partition coefficient (Wildman–Crippen LogP) is 5.23. The molecule has 1 atom stereocenters. The Labute approximate surface area is 233 Å². The normalized spacial score (nSPS) is 17.6. The number of nitrogens with one attached hydrogen (secondary N) is 1. The van der Waals surface area contributed by atoms with E-state index >= 15 is 0 Å². The summed E-state index contributed by atoms with van der Waals surface area (Å²) in [5.74, 6) is 0.558. The summed E-state index contributed by atoms with van der Waals surface area (Å²) in [6, 6.07) is 18.7. The standard InChI is InChI=1S/C26H24BrCl2N5O3/c27-22-5-2-6-23(31-22)33-13-11-32(12-14-33)17-7-9-18(10-8-17)34-16-19(37-26(34)36)15-30-25(35)24-20(28)3-1-4-21(24)29/h1-10,19H,11-16H2,(H,30,35). The van der Waals surface area contributed by atoms with Gasteiger partial charge in [-0.2, -0.15) is 0 Å². The second-order valence-corrected chi connectivity index (χ2v) is 10.4. The summed E-state index contributed by atoms with van der Waals surface area (Å²) in [5, 5.41) is 3.29. The number of cyclic esters (lactones) is 1. The molecule has 0 saturated carbocycles. The molecular formula is C26H24BrCl2N5O3. The first kappa shape index (κ1) is 25.6. The minimum absolute atomic E-state index is 0.151. The van der Waals surface area contributed by atoms with Gasteiger partial charge in [-0.25, -0.2) is 9.78 Å². The number of hydrogen-bond donors (Lipinski definition) is 1. The van der Waals surface area contributed by atoms with Gasteiger partial charge in [0.15, 0.2) is 0 Å². The highest BCUT2D eigenvalue weighted by molar-refractivity contribution is 9.10. The fourth-order valence-electron chi connectivity index (χ4n) is 4.46. The zero-order chi connectivity index (χ0) is 25.9. The first-order chi connectivity index (χ1) is 17.9. The Morgan fingerprint density at radius 1 is 0.946 bits per heavy atom. The number of benzene rings is 2. The van der Waals surface area contributed by atoms with Gasteiger partial charge in [0.1, 0.15) is 16.5 Å². The Bertz CT molecular complexity index is 1280. The Morgan fingerprint density at radius 3 is 2.24 bits per heavy atom. The molecule has 37 heavy (non-hydrogen) atoms. The Hall–Kier alpha value is -3.01. The van der Waals surface area contributed by atoms with E-state index in [0.717, 1.165) is 48.0 Å². The molecule has 1 unspecified atom stereocenters. The molecule has 0 bridgehead atoms. The fraction of sp³-hybridized carbons (Fsp3) is 0.269. The van der Waals surface area contributed by atoms with Crippen molar-refractivity contribution in [2.75, 3.05) is 54.0 Å². The van der Waals surface area contributed by atoms with E-state index in [0.29, 0.717) is 6.54 Å². The summed E-state index contributed by atoms with van der Waals surface area (Å²) in [6.07, 6.45) is -0.935. The van der Waals surface area contributed by atoms with Crippen LogP contribution in [0.1, 0.15) is 10.4 Å². The van der Waals surface area contributed by atoms with E-state index in [4.69, 9.17) is 27.9 Å². The molecule has 8 nitrogen and oxygen atoms in total. The molecule has 0 spiro atoms. The molecule has 192 valence electrons. The van der Waals surface area contributed by atoms with Crippen LogP contribution in [0, 0.1) is 0 Å². The van der Waals surface area contributed by atoms with Gasteiger partial charge >= 0.3 is 6.09 Å². The molecular weight excluding hydrogens is 581 g/mol. The Balaban J connectivity index is 1.15. The van der Waals surface area contributed by atoms with Gasteiger partial charge in [0.25, 0.3) is 5.91 Å². The number of halogens is 3. The van der Waals surface area contributed by atoms with Crippen molar-refractivity contribution in [2.45, 2.75) is 6.10 Å². The van der Waals surface area contributed by atoms with E-state index in [1.165, 1.54) is 0 Å². The maximum absolute atomic E-state index is 12.5. The van der Waals surface area contributed by atoms with Gasteiger partial charge in [0, 0.05) is 37.6 Å². The number of rotatable bonds is 6. The van der Waals surface area contributed by atoms with Crippen molar-refractivity contribution in [3.63, 3.8) is 0 Å². The lowest BCUT2D eigenvalue weighted by atomic mass is 10.2. The maximum Gasteiger partial charge on any atom is 0.414 e. The molecule has 3 heterocycles. The summed E-state index contributed by atoms with van der Waals surface area (Å²) in [7, 11) is 0. The SMILES string of the molecule is O=C(NCC1CN(c2ccc(N3CCN(c4cccc(Br)n4)CC3)cc2)C(=O)O1)c1c(Cl)cccc1Cl. The zero-order valence-corrected chi connectivity index (χ0v) is 22.8. The third kappa shape index (κ3) is 5.79. The van der Waals surface area contributed by atoms with Crippen molar-refractivity contribution in [3.05, 3.63) is 80.9 Å². The smallest absolute Gasteiger partial charge is 0.414 e. The van der Waals surface area contributed by atoms with Crippen molar-refractivity contribution in [2.24, 2.45) is 0 Å². The molecule has 2 aliphatic heterocycles. The average molecular weight is 605 g/mol. The topological polar surface area (TPSA) is 78.0 Å². The average Bonchev–Trinajstić information content (AvgIpc) is 3.28. The van der Waals surface area contributed by atoms with Crippen LogP contribution in [-0.2, 0) is 4.74 Å². The van der Waals surface area contributed by atoms with Crippen molar-refractivity contribution in [1.29, 1.82) is 0 Å². The first-order valence-corrected chi connectivity index (χ1v) is 13.4. The lowest BCUT2D eigenvalue weighted by Crippen LogP contribution is -2.46. The van der Waals surface area contributed by atoms with Crippen molar-refractivity contribution >= 4 is 68.3 Å². The number of pyridine rings is 1. The fourth-order valence-corrected chi connectivity index (χ4v) is 5.36. The van der Waals surface area contributed by atoms with Crippen molar-refractivity contribution < 1.29 is 14.3 Å². The molecule has 3 aromatic rings. The van der Waals surface area contributed by atoms with Crippen LogP contribution in [-0.4, -0.2) is 62.4 Å². The lowest BCUT2D eigenvalue weighted by Gasteiger charge is -2.36. The van der Waals surface area contributed by atoms with Crippen molar-refractivity contribution in [1.82, 2.24) is 10.3 Å². The molecule has 2 aliphatic rings. The number of carbonyl (C=O) groups is 2. The van der Waals surface area contributed by atoms with Crippen molar-refractivity contribution in [3.8, 4) is 0 Å². The van der Waals surface area contributed by atoms with Crippen LogP contribution in [0.15, 0.2) is 65.3 Å². The summed E-state index contributed by atoms with van der Waals surface area (Å²) >= 11 is 15.6. The molecule has 0 radical (unpaired) electrons. The van der Waals surface area contributed by atoms with Crippen LogP contribution in [0.5, 0.6) is 0 Å². The molecule has 5 rings (SSSR count). The monoisotopic (exact) mass is 603 g/mol. The molecule has 1 N–H and O–H groups in total. The largest absolute Gasteiger partial charge is 0.442 e. The van der Waals surface area contributed by atoms with E-state index in [9.17, 15) is 9.59 Å². The van der Waals surface area contributed by atoms with Gasteiger partial charge in [0.2, 0.25) is 0 Å². The minimum atomic E-state index is -0.489. The number of anilines is 3. The van der Waals surface area contributed by atoms with Crippen LogP contribution in [0.4, 0.5) is 22.0 Å². The molecule has 2 fully saturated rings. The van der Waals surface area contributed by atoms with Crippen LogP contribution in [0.25, 0.3) is 0 Å². The minimum Gasteiger partial charge on any atom is -0.442 e. The third-order valence-corrected chi connectivity index (χ3v) is 7.46. The summed E-state index contributed by atoms with van der Waals surface area (Å²) in [4.78, 5) is 35.8. The highest BCUT2D eigenvalue weighted by Gasteiger charge is 2.33. The second kappa shape index (κ2) is 11.2. The van der Waals surface area contributed by atoms with Gasteiger partial charge in [-0.05, 0) is 64.5 Å². The van der Waals surface area contributed by atoms with Crippen LogP contribution in [0.2, 0.25) is 10.0 Å². The number of nitrogens with zero attached hydrogens (tertiary/aromatic N) is 4. The van der Waals surface area contributed by atoms with E-state index in [-0.39, 0.29) is 22.2 Å². The van der Waals surface area contributed by atoms with Gasteiger partial charge in [0.05, 0.1) is 28.7 Å². The van der Waals surface area contributed by atoms with E-state index in [1.54, 1.807) is 23.1 Å². The summed E-state index contributed by atoms with van der Waals surface area (Å²) in [6.45, 7) is 3.96. The van der Waals surface area contributed by atoms with Crippen LogP contribution < -0.4 is 20.0 Å². The summed E-state index contributed by atoms with van der Waals surface area (Å²) in [5.41, 5.74) is 2.05. The van der Waals surface area contributed by atoms with Crippen LogP contribution in [0.3, 0.4) is 0 Å². The number of carbonyl (C=O) groups excluding carboxylic acids is 2. The number of ether oxygens (including phenoxy) is 1. The first-order valence-electron chi connectivity index (χ1n) is 11.8. The molecule has 2 saturated heterocycles. The van der Waals surface area contributed by atoms with Gasteiger partial charge in [-0.3, -0.25) is 9.69 Å². The highest BCUT2D eigenvalue weighted by atomic mass is 79.9. The highest BCUT2D eigenvalue weighted by Crippen LogP contribution is 2.27. The zero-order valence-electron chi connectivity index (χ0n) is 19.7. The summed E-state index contributed by atoms with van der Waals surface area (Å²) < 4.78 is 6.30. The van der Waals surface area contributed by atoms with Gasteiger partial charge in [-0.1, -0.05) is 35.3 Å². The molecule has 2 amide bonds. The predicted molar refractivity (Wildman–Crippen MR) is 149 cm³/mol. The number of aromatic nitrogens is 1. The number of piperazine rings is 1. The van der Waals surface area contributed by atoms with Gasteiger partial charge < -0.3 is 19.9 Å². The third-order valence-electron chi connectivity index (χ3n) is 6.38. The van der Waals surface area contributed by atoms with E-state index < -0.39 is 18.1 Å². The Morgan fingerprint density at radius 2 is 1.57 bits per heavy atom. The van der Waals surface area contributed by atoms with E-state index in [2.05, 4.69) is 36.0 Å².